The average Bonchev–Trinajstić information content (AvgIpc) is 2.66. The van der Waals surface area contributed by atoms with Gasteiger partial charge in [-0.15, -0.1) is 0 Å². The number of rotatable bonds is 5. The maximum atomic E-state index is 12.1. The van der Waals surface area contributed by atoms with E-state index in [1.165, 1.54) is 0 Å². The number of carbonyl (C=O) groups is 2. The molecule has 1 fully saturated rings. The lowest BCUT2D eigenvalue weighted by atomic mass is 10.2. The van der Waals surface area contributed by atoms with Crippen LogP contribution in [0, 0.1) is 0 Å². The topological polar surface area (TPSA) is 104 Å². The summed E-state index contributed by atoms with van der Waals surface area (Å²) in [6.07, 6.45) is 1.15. The van der Waals surface area contributed by atoms with Gasteiger partial charge >= 0.3 is 0 Å². The second kappa shape index (κ2) is 7.92. The van der Waals surface area contributed by atoms with Gasteiger partial charge in [-0.05, 0) is 18.2 Å². The SMILES string of the molecule is C=CC(=O)NCC(=O)N1CCN(Cc2nc(N)c3ccccc3n2)CC1. The van der Waals surface area contributed by atoms with Crippen molar-refractivity contribution in [2.75, 3.05) is 38.5 Å². The summed E-state index contributed by atoms with van der Waals surface area (Å²) in [5, 5.41) is 3.36. The molecular formula is C18H22N6O2. The highest BCUT2D eigenvalue weighted by Crippen LogP contribution is 2.18. The minimum absolute atomic E-state index is 0.00479. The Hall–Kier alpha value is -3.00. The quantitative estimate of drug-likeness (QED) is 0.741. The summed E-state index contributed by atoms with van der Waals surface area (Å²) in [7, 11) is 0. The van der Waals surface area contributed by atoms with E-state index in [2.05, 4.69) is 26.8 Å². The Kier molecular flexibility index (Phi) is 5.43. The lowest BCUT2D eigenvalue weighted by molar-refractivity contribution is -0.133. The van der Waals surface area contributed by atoms with Crippen LogP contribution in [-0.4, -0.2) is 64.3 Å². The molecule has 2 aromatic rings. The van der Waals surface area contributed by atoms with E-state index in [-0.39, 0.29) is 18.4 Å². The first-order valence-corrected chi connectivity index (χ1v) is 8.48. The summed E-state index contributed by atoms with van der Waals surface area (Å²) in [6.45, 7) is 6.59. The van der Waals surface area contributed by atoms with Gasteiger partial charge in [0.25, 0.3) is 0 Å². The van der Waals surface area contributed by atoms with Gasteiger partial charge in [0, 0.05) is 31.6 Å². The van der Waals surface area contributed by atoms with E-state index in [0.29, 0.717) is 31.3 Å². The highest BCUT2D eigenvalue weighted by molar-refractivity contribution is 5.90. The Morgan fingerprint density at radius 3 is 2.65 bits per heavy atom. The molecule has 2 amide bonds. The van der Waals surface area contributed by atoms with Gasteiger partial charge in [-0.25, -0.2) is 9.97 Å². The summed E-state index contributed by atoms with van der Waals surface area (Å²) in [4.78, 5) is 36.1. The van der Waals surface area contributed by atoms with Gasteiger partial charge in [0.05, 0.1) is 18.6 Å². The van der Waals surface area contributed by atoms with Crippen LogP contribution in [0.15, 0.2) is 36.9 Å². The van der Waals surface area contributed by atoms with Gasteiger partial charge in [-0.1, -0.05) is 18.7 Å². The first-order valence-electron chi connectivity index (χ1n) is 8.48. The summed E-state index contributed by atoms with van der Waals surface area (Å²) >= 11 is 0. The van der Waals surface area contributed by atoms with Gasteiger partial charge in [0.15, 0.2) is 0 Å². The van der Waals surface area contributed by atoms with Crippen LogP contribution in [0.1, 0.15) is 5.82 Å². The van der Waals surface area contributed by atoms with Gasteiger partial charge in [-0.3, -0.25) is 14.5 Å². The van der Waals surface area contributed by atoms with Crippen LogP contribution < -0.4 is 11.1 Å². The van der Waals surface area contributed by atoms with E-state index in [1.807, 2.05) is 24.3 Å². The van der Waals surface area contributed by atoms with Crippen molar-refractivity contribution in [3.05, 3.63) is 42.7 Å². The van der Waals surface area contributed by atoms with Crippen LogP contribution in [0.25, 0.3) is 10.9 Å². The van der Waals surface area contributed by atoms with Crippen LogP contribution >= 0.6 is 0 Å². The van der Waals surface area contributed by atoms with E-state index in [9.17, 15) is 9.59 Å². The number of hydrogen-bond acceptors (Lipinski definition) is 6. The molecule has 3 N–H and O–H groups in total. The first kappa shape index (κ1) is 17.8. The number of hydrogen-bond donors (Lipinski definition) is 2. The van der Waals surface area contributed by atoms with Crippen LogP contribution in [0.3, 0.4) is 0 Å². The smallest absolute Gasteiger partial charge is 0.243 e. The summed E-state index contributed by atoms with van der Waals surface area (Å²) in [5.74, 6) is 0.727. The molecule has 8 nitrogen and oxygen atoms in total. The van der Waals surface area contributed by atoms with Gasteiger partial charge < -0.3 is 16.0 Å². The van der Waals surface area contributed by atoms with Crippen molar-refractivity contribution < 1.29 is 9.59 Å². The second-order valence-corrected chi connectivity index (χ2v) is 6.12. The van der Waals surface area contributed by atoms with Crippen LogP contribution in [0.5, 0.6) is 0 Å². The summed E-state index contributed by atoms with van der Waals surface area (Å²) in [6, 6.07) is 7.67. The highest BCUT2D eigenvalue weighted by atomic mass is 16.2. The number of piperazine rings is 1. The van der Waals surface area contributed by atoms with Gasteiger partial charge in [-0.2, -0.15) is 0 Å². The fourth-order valence-electron chi connectivity index (χ4n) is 2.92. The lowest BCUT2D eigenvalue weighted by Gasteiger charge is -2.34. The fourth-order valence-corrected chi connectivity index (χ4v) is 2.92. The molecule has 0 spiro atoms. The van der Waals surface area contributed by atoms with Crippen LogP contribution in [0.2, 0.25) is 0 Å². The third-order valence-electron chi connectivity index (χ3n) is 4.37. The maximum Gasteiger partial charge on any atom is 0.243 e. The number of nitrogen functional groups attached to an aromatic ring is 1. The normalized spacial score (nSPS) is 15.0. The molecule has 0 unspecified atom stereocenters. The van der Waals surface area contributed by atoms with E-state index in [1.54, 1.807) is 4.90 Å². The molecule has 26 heavy (non-hydrogen) atoms. The predicted octanol–water partition coefficient (Wildman–Crippen LogP) is 0.158. The summed E-state index contributed by atoms with van der Waals surface area (Å²) in [5.41, 5.74) is 6.86. The Labute approximate surface area is 151 Å². The molecule has 1 aliphatic rings. The molecule has 1 saturated heterocycles. The van der Waals surface area contributed by atoms with Crippen molar-refractivity contribution in [1.82, 2.24) is 25.1 Å². The van der Waals surface area contributed by atoms with Gasteiger partial charge in [0.2, 0.25) is 11.8 Å². The number of aromatic nitrogens is 2. The Morgan fingerprint density at radius 2 is 1.92 bits per heavy atom. The van der Waals surface area contributed by atoms with Crippen molar-refractivity contribution in [1.29, 1.82) is 0 Å². The molecule has 0 saturated carbocycles. The largest absolute Gasteiger partial charge is 0.383 e. The Balaban J connectivity index is 1.55. The number of nitrogens with one attached hydrogen (secondary N) is 1. The highest BCUT2D eigenvalue weighted by Gasteiger charge is 2.22. The number of fused-ring (bicyclic) bond motifs is 1. The molecule has 0 aliphatic carbocycles. The van der Waals surface area contributed by atoms with Crippen LogP contribution in [-0.2, 0) is 16.1 Å². The number of amides is 2. The molecular weight excluding hydrogens is 332 g/mol. The third-order valence-corrected chi connectivity index (χ3v) is 4.37. The lowest BCUT2D eigenvalue weighted by Crippen LogP contribution is -2.50. The van der Waals surface area contributed by atoms with Crippen molar-refractivity contribution in [3.63, 3.8) is 0 Å². The Morgan fingerprint density at radius 1 is 1.19 bits per heavy atom. The summed E-state index contributed by atoms with van der Waals surface area (Å²) < 4.78 is 0. The molecule has 1 aliphatic heterocycles. The minimum Gasteiger partial charge on any atom is -0.383 e. The van der Waals surface area contributed by atoms with E-state index in [0.717, 1.165) is 30.1 Å². The molecule has 8 heteroatoms. The second-order valence-electron chi connectivity index (χ2n) is 6.12. The van der Waals surface area contributed by atoms with Gasteiger partial charge in [0.1, 0.15) is 11.6 Å². The van der Waals surface area contributed by atoms with E-state index < -0.39 is 0 Å². The maximum absolute atomic E-state index is 12.1. The van der Waals surface area contributed by atoms with Crippen molar-refractivity contribution in [2.45, 2.75) is 6.54 Å². The van der Waals surface area contributed by atoms with E-state index >= 15 is 0 Å². The fraction of sp³-hybridized carbons (Fsp3) is 0.333. The molecule has 0 atom stereocenters. The van der Waals surface area contributed by atoms with Crippen molar-refractivity contribution >= 4 is 28.5 Å². The Bertz CT molecular complexity index is 830. The minimum atomic E-state index is -0.344. The molecule has 1 aromatic heterocycles. The molecule has 3 rings (SSSR count). The van der Waals surface area contributed by atoms with Crippen LogP contribution in [0.4, 0.5) is 5.82 Å². The van der Waals surface area contributed by atoms with E-state index in [4.69, 9.17) is 5.73 Å². The number of para-hydroxylation sites is 1. The van der Waals surface area contributed by atoms with Crippen molar-refractivity contribution in [3.8, 4) is 0 Å². The zero-order chi connectivity index (χ0) is 18.5. The third kappa shape index (κ3) is 4.15. The first-order chi connectivity index (χ1) is 12.6. The standard InChI is InChI=1S/C18H22N6O2/c1-2-16(25)20-11-17(26)24-9-7-23(8-10-24)12-15-21-14-6-4-3-5-13(14)18(19)22-15/h2-6H,1,7-12H2,(H,20,25)(H2,19,21,22). The molecule has 136 valence electrons. The number of benzene rings is 1. The number of nitrogens with two attached hydrogens (primary N) is 1. The zero-order valence-electron chi connectivity index (χ0n) is 14.5. The molecule has 0 bridgehead atoms. The average molecular weight is 354 g/mol. The molecule has 1 aromatic carbocycles. The molecule has 0 radical (unpaired) electrons. The molecule has 2 heterocycles. The monoisotopic (exact) mass is 354 g/mol. The van der Waals surface area contributed by atoms with Crippen molar-refractivity contribution in [2.24, 2.45) is 0 Å². The number of anilines is 1. The predicted molar refractivity (Wildman–Crippen MR) is 99.0 cm³/mol. The number of carbonyl (C=O) groups excluding carboxylic acids is 2. The zero-order valence-corrected chi connectivity index (χ0v) is 14.5. The number of nitrogens with zero attached hydrogens (tertiary/aromatic N) is 4.